The van der Waals surface area contributed by atoms with E-state index >= 15 is 0 Å². The van der Waals surface area contributed by atoms with Crippen LogP contribution in [0.15, 0.2) is 81.4 Å². The van der Waals surface area contributed by atoms with Gasteiger partial charge in [-0.05, 0) is 60.7 Å². The lowest BCUT2D eigenvalue weighted by molar-refractivity contribution is 1.32. The molecule has 3 aromatic rings. The fraction of sp³-hybridized carbons (Fsp3) is 0. The smallest absolute Gasteiger partial charge is 0.0843 e. The van der Waals surface area contributed by atoms with Crippen molar-refractivity contribution in [1.82, 2.24) is 0 Å². The van der Waals surface area contributed by atoms with Crippen molar-refractivity contribution in [3.05, 3.63) is 86.8 Å². The van der Waals surface area contributed by atoms with Crippen LogP contribution < -0.4 is 0 Å². The maximum atomic E-state index is 6.21. The summed E-state index contributed by atoms with van der Waals surface area (Å²) in [4.78, 5) is 3.38. The monoisotopic (exact) mass is 399 g/mol. The van der Waals surface area contributed by atoms with E-state index in [1.807, 2.05) is 66.7 Å². The maximum absolute atomic E-state index is 6.21. The van der Waals surface area contributed by atoms with Crippen LogP contribution in [0.5, 0.6) is 0 Å². The van der Waals surface area contributed by atoms with Crippen molar-refractivity contribution in [2.75, 3.05) is 0 Å². The van der Waals surface area contributed by atoms with E-state index in [1.54, 1.807) is 0 Å². The van der Waals surface area contributed by atoms with Gasteiger partial charge < -0.3 is 0 Å². The van der Waals surface area contributed by atoms with Crippen LogP contribution in [-0.4, -0.2) is 0 Å². The van der Waals surface area contributed by atoms with E-state index in [1.165, 1.54) is 0 Å². The minimum absolute atomic E-state index is 0.310. The van der Waals surface area contributed by atoms with E-state index in [-0.39, 0.29) is 10.9 Å². The Hall–Kier alpha value is -0.830. The fourth-order valence-corrected chi connectivity index (χ4v) is 4.84. The molecule has 3 aromatic carbocycles. The summed E-state index contributed by atoms with van der Waals surface area (Å²) in [5, 5.41) is 2.51. The molecule has 0 amide bonds. The van der Waals surface area contributed by atoms with Crippen LogP contribution in [0, 0.1) is 0 Å². The van der Waals surface area contributed by atoms with Crippen molar-refractivity contribution in [3.8, 4) is 0 Å². The quantitative estimate of drug-likeness (QED) is 0.402. The van der Waals surface area contributed by atoms with E-state index in [9.17, 15) is 0 Å². The Kier molecular flexibility index (Phi) is 5.45. The molecule has 0 nitrogen and oxygen atoms in total. The van der Waals surface area contributed by atoms with Gasteiger partial charge in [-0.1, -0.05) is 46.4 Å². The number of halogens is 4. The predicted octanol–water partition coefficient (Wildman–Crippen LogP) is 7.40. The molecule has 0 aliphatic carbocycles. The topological polar surface area (TPSA) is 0 Å². The molecule has 116 valence electrons. The highest BCUT2D eigenvalue weighted by Crippen LogP contribution is 2.35. The van der Waals surface area contributed by atoms with Crippen LogP contribution in [0.4, 0.5) is 0 Å². The Labute approximate surface area is 158 Å². The Morgan fingerprint density at radius 3 is 1.35 bits per heavy atom. The number of rotatable bonds is 3. The lowest BCUT2D eigenvalue weighted by Crippen LogP contribution is -2.04. The Bertz CT molecular complexity index is 768. The summed E-state index contributed by atoms with van der Waals surface area (Å²) in [6.45, 7) is 0. The molecule has 0 aliphatic heterocycles. The average Bonchev–Trinajstić information content (AvgIpc) is 2.55. The van der Waals surface area contributed by atoms with Gasteiger partial charge in [0.05, 0.1) is 20.9 Å². The van der Waals surface area contributed by atoms with Crippen LogP contribution in [0.3, 0.4) is 0 Å². The van der Waals surface area contributed by atoms with Crippen LogP contribution in [0.25, 0.3) is 0 Å². The summed E-state index contributed by atoms with van der Waals surface area (Å²) in [5.74, 6) is 0. The van der Waals surface area contributed by atoms with Crippen molar-refractivity contribution in [1.29, 1.82) is 0 Å². The van der Waals surface area contributed by atoms with Gasteiger partial charge in [0.2, 0.25) is 0 Å². The molecule has 23 heavy (non-hydrogen) atoms. The van der Waals surface area contributed by atoms with Crippen molar-refractivity contribution >= 4 is 57.3 Å². The first-order valence-electron chi connectivity index (χ1n) is 6.75. The van der Waals surface area contributed by atoms with Crippen LogP contribution in [0.1, 0.15) is 0 Å². The van der Waals surface area contributed by atoms with E-state index in [0.29, 0.717) is 20.1 Å². The SMILES string of the molecule is Clc1ccc([S+](c2ccc(Cl)cc2)c2ccc(Cl)c(Cl)c2)cc1. The molecular weight excluding hydrogens is 390 g/mol. The molecule has 0 radical (unpaired) electrons. The first-order chi connectivity index (χ1) is 11.0. The normalized spacial score (nSPS) is 11.0. The molecule has 0 saturated carbocycles. The van der Waals surface area contributed by atoms with Crippen molar-refractivity contribution in [3.63, 3.8) is 0 Å². The molecule has 0 aliphatic rings. The first-order valence-corrected chi connectivity index (χ1v) is 9.49. The Morgan fingerprint density at radius 1 is 0.478 bits per heavy atom. The van der Waals surface area contributed by atoms with E-state index in [0.717, 1.165) is 14.7 Å². The molecule has 5 heteroatoms. The highest BCUT2D eigenvalue weighted by Gasteiger charge is 2.29. The second-order valence-electron chi connectivity index (χ2n) is 4.79. The summed E-state index contributed by atoms with van der Waals surface area (Å²) in [6.07, 6.45) is 0. The molecule has 0 fully saturated rings. The maximum Gasteiger partial charge on any atom is 0.168 e. The second-order valence-corrected chi connectivity index (χ2v) is 8.50. The van der Waals surface area contributed by atoms with Crippen molar-refractivity contribution in [2.24, 2.45) is 0 Å². The molecule has 0 spiro atoms. The summed E-state index contributed by atoms with van der Waals surface area (Å²) in [6, 6.07) is 21.4. The van der Waals surface area contributed by atoms with Gasteiger partial charge >= 0.3 is 0 Å². The highest BCUT2D eigenvalue weighted by molar-refractivity contribution is 7.97. The minimum atomic E-state index is -0.310. The molecular formula is C18H11Cl4S+. The Morgan fingerprint density at radius 2 is 0.913 bits per heavy atom. The van der Waals surface area contributed by atoms with Gasteiger partial charge in [0.15, 0.2) is 14.7 Å². The fourth-order valence-electron chi connectivity index (χ4n) is 2.15. The molecule has 0 heterocycles. The minimum Gasteiger partial charge on any atom is -0.0843 e. The van der Waals surface area contributed by atoms with E-state index in [2.05, 4.69) is 0 Å². The molecule has 0 bridgehead atoms. The zero-order valence-electron chi connectivity index (χ0n) is 11.8. The second kappa shape index (κ2) is 7.38. The largest absolute Gasteiger partial charge is 0.168 e. The lowest BCUT2D eigenvalue weighted by atomic mass is 10.3. The lowest BCUT2D eigenvalue weighted by Gasteiger charge is -2.09. The van der Waals surface area contributed by atoms with E-state index in [4.69, 9.17) is 46.4 Å². The van der Waals surface area contributed by atoms with Crippen molar-refractivity contribution < 1.29 is 0 Å². The summed E-state index contributed by atoms with van der Waals surface area (Å²) >= 11 is 24.3. The molecule has 3 rings (SSSR count). The standard InChI is InChI=1S/C18H11Cl4S/c19-12-1-5-14(6-2-12)23(15-7-3-13(20)4-8-15)16-9-10-17(21)18(22)11-16/h1-11H/q+1. The van der Waals surface area contributed by atoms with Gasteiger partial charge in [0.25, 0.3) is 0 Å². The van der Waals surface area contributed by atoms with Gasteiger partial charge in [-0.25, -0.2) is 0 Å². The zero-order valence-corrected chi connectivity index (χ0v) is 15.6. The van der Waals surface area contributed by atoms with Crippen molar-refractivity contribution in [2.45, 2.75) is 14.7 Å². The van der Waals surface area contributed by atoms with Gasteiger partial charge in [-0.3, -0.25) is 0 Å². The summed E-state index contributed by atoms with van der Waals surface area (Å²) < 4.78 is 0. The summed E-state index contributed by atoms with van der Waals surface area (Å²) in [5.41, 5.74) is 0. The third-order valence-corrected chi connectivity index (χ3v) is 6.68. The molecule has 0 aromatic heterocycles. The number of hydrogen-bond donors (Lipinski definition) is 0. The molecule has 0 unspecified atom stereocenters. The van der Waals surface area contributed by atoms with Crippen LogP contribution in [0.2, 0.25) is 20.1 Å². The van der Waals surface area contributed by atoms with Gasteiger partial charge in [0.1, 0.15) is 0 Å². The summed E-state index contributed by atoms with van der Waals surface area (Å²) in [7, 11) is -0.310. The molecule has 0 saturated heterocycles. The van der Waals surface area contributed by atoms with Gasteiger partial charge in [0, 0.05) is 16.1 Å². The van der Waals surface area contributed by atoms with Crippen LogP contribution >= 0.6 is 46.4 Å². The molecule has 0 atom stereocenters. The van der Waals surface area contributed by atoms with Gasteiger partial charge in [-0.2, -0.15) is 0 Å². The van der Waals surface area contributed by atoms with Gasteiger partial charge in [-0.15, -0.1) is 0 Å². The Balaban J connectivity index is 2.14. The van der Waals surface area contributed by atoms with Crippen LogP contribution in [-0.2, 0) is 10.9 Å². The average molecular weight is 401 g/mol. The first kappa shape index (κ1) is 17.0. The predicted molar refractivity (Wildman–Crippen MR) is 102 cm³/mol. The highest BCUT2D eigenvalue weighted by atomic mass is 35.5. The number of hydrogen-bond acceptors (Lipinski definition) is 0. The zero-order chi connectivity index (χ0) is 16.4. The van der Waals surface area contributed by atoms with E-state index < -0.39 is 0 Å². The molecule has 0 N–H and O–H groups in total. The third kappa shape index (κ3) is 3.99. The third-order valence-electron chi connectivity index (χ3n) is 3.23. The number of benzene rings is 3.